The van der Waals surface area contributed by atoms with Gasteiger partial charge in [-0.15, -0.1) is 0 Å². The molecule has 2 aromatic rings. The Kier molecular flexibility index (Phi) is 6.43. The summed E-state index contributed by atoms with van der Waals surface area (Å²) >= 11 is 0. The van der Waals surface area contributed by atoms with E-state index in [1.165, 1.54) is 11.3 Å². The van der Waals surface area contributed by atoms with Crippen molar-refractivity contribution < 1.29 is 17.9 Å². The Hall–Kier alpha value is -1.94. The summed E-state index contributed by atoms with van der Waals surface area (Å²) in [7, 11) is -3.49. The van der Waals surface area contributed by atoms with Crippen LogP contribution in [-0.2, 0) is 40.9 Å². The van der Waals surface area contributed by atoms with Crippen LogP contribution in [0.3, 0.4) is 0 Å². The van der Waals surface area contributed by atoms with Gasteiger partial charge in [0.05, 0.1) is 30.4 Å². The summed E-state index contributed by atoms with van der Waals surface area (Å²) in [4.78, 5) is 2.59. The lowest BCUT2D eigenvalue weighted by molar-refractivity contribution is 0.107. The molecular weight excluding hydrogens is 404 g/mol. The van der Waals surface area contributed by atoms with Gasteiger partial charge in [-0.25, -0.2) is 8.42 Å². The zero-order valence-corrected chi connectivity index (χ0v) is 18.5. The number of piperazine rings is 1. The van der Waals surface area contributed by atoms with Crippen molar-refractivity contribution in [2.75, 3.05) is 39.4 Å². The number of sulfonamides is 1. The van der Waals surface area contributed by atoms with E-state index in [1.807, 2.05) is 6.92 Å². The predicted octanol–water partition coefficient (Wildman–Crippen LogP) is 1.88. The zero-order valence-electron chi connectivity index (χ0n) is 17.7. The molecular formula is C21H30N4O4S. The van der Waals surface area contributed by atoms with Crippen molar-refractivity contribution in [1.29, 1.82) is 0 Å². The second-order valence-corrected chi connectivity index (χ2v) is 9.51. The highest BCUT2D eigenvalue weighted by atomic mass is 32.2. The Morgan fingerprint density at radius 2 is 1.83 bits per heavy atom. The van der Waals surface area contributed by atoms with Crippen LogP contribution in [0, 0.1) is 0 Å². The molecule has 8 nitrogen and oxygen atoms in total. The van der Waals surface area contributed by atoms with E-state index in [0.717, 1.165) is 31.8 Å². The third-order valence-electron chi connectivity index (χ3n) is 5.76. The lowest BCUT2D eigenvalue weighted by Crippen LogP contribution is -2.48. The number of benzene rings is 1. The second-order valence-electron chi connectivity index (χ2n) is 7.57. The van der Waals surface area contributed by atoms with Gasteiger partial charge in [0, 0.05) is 56.9 Å². The number of nitrogens with zero attached hydrogens (tertiary/aromatic N) is 4. The predicted molar refractivity (Wildman–Crippen MR) is 113 cm³/mol. The minimum Gasteiger partial charge on any atom is -0.494 e. The molecule has 0 amide bonds. The first kappa shape index (κ1) is 21.3. The normalized spacial score (nSPS) is 18.3. The van der Waals surface area contributed by atoms with Crippen LogP contribution in [0.1, 0.15) is 30.8 Å². The van der Waals surface area contributed by atoms with Gasteiger partial charge in [0.2, 0.25) is 10.0 Å². The van der Waals surface area contributed by atoms with Crippen LogP contribution in [0.15, 0.2) is 29.2 Å². The number of rotatable bonds is 7. The van der Waals surface area contributed by atoms with Gasteiger partial charge in [-0.3, -0.25) is 9.58 Å². The lowest BCUT2D eigenvalue weighted by Gasteiger charge is -2.33. The maximum atomic E-state index is 13.0. The highest BCUT2D eigenvalue weighted by Crippen LogP contribution is 2.24. The fourth-order valence-electron chi connectivity index (χ4n) is 4.13. The van der Waals surface area contributed by atoms with Gasteiger partial charge in [-0.1, -0.05) is 0 Å². The summed E-state index contributed by atoms with van der Waals surface area (Å²) in [5.74, 6) is 0.681. The summed E-state index contributed by atoms with van der Waals surface area (Å²) in [6, 6.07) is 6.66. The van der Waals surface area contributed by atoms with Crippen LogP contribution < -0.4 is 4.74 Å². The van der Waals surface area contributed by atoms with Gasteiger partial charge in [0.25, 0.3) is 0 Å². The molecule has 0 spiro atoms. The lowest BCUT2D eigenvalue weighted by atomic mass is 10.1. The Balaban J connectivity index is 1.40. The van der Waals surface area contributed by atoms with Crippen molar-refractivity contribution in [3.05, 3.63) is 41.2 Å². The maximum Gasteiger partial charge on any atom is 0.243 e. The first-order valence-electron chi connectivity index (χ1n) is 10.6. The van der Waals surface area contributed by atoms with E-state index in [4.69, 9.17) is 14.6 Å². The van der Waals surface area contributed by atoms with Crippen molar-refractivity contribution in [2.45, 2.75) is 44.9 Å². The summed E-state index contributed by atoms with van der Waals surface area (Å²) in [5, 5.41) is 4.79. The average Bonchev–Trinajstić information content (AvgIpc) is 3.12. The van der Waals surface area contributed by atoms with Gasteiger partial charge >= 0.3 is 0 Å². The van der Waals surface area contributed by atoms with Crippen LogP contribution in [0.5, 0.6) is 5.75 Å². The number of ether oxygens (including phenoxy) is 2. The van der Waals surface area contributed by atoms with Crippen LogP contribution in [0.4, 0.5) is 0 Å². The molecule has 3 heterocycles. The molecule has 2 aliphatic heterocycles. The van der Waals surface area contributed by atoms with E-state index in [0.29, 0.717) is 50.0 Å². The fraction of sp³-hybridized carbons (Fsp3) is 0.571. The summed E-state index contributed by atoms with van der Waals surface area (Å²) < 4.78 is 40.7. The number of aryl methyl sites for hydroxylation is 1. The van der Waals surface area contributed by atoms with Gasteiger partial charge < -0.3 is 9.47 Å². The third kappa shape index (κ3) is 4.25. The van der Waals surface area contributed by atoms with Crippen molar-refractivity contribution in [3.63, 3.8) is 0 Å². The largest absolute Gasteiger partial charge is 0.494 e. The summed E-state index contributed by atoms with van der Waals surface area (Å²) in [6.07, 6.45) is 0.907. The molecule has 0 atom stereocenters. The average molecular weight is 435 g/mol. The quantitative estimate of drug-likeness (QED) is 0.662. The van der Waals surface area contributed by atoms with E-state index in [9.17, 15) is 8.42 Å². The van der Waals surface area contributed by atoms with E-state index in [2.05, 4.69) is 16.5 Å². The van der Waals surface area contributed by atoms with Crippen LogP contribution in [0.25, 0.3) is 0 Å². The molecule has 0 N–H and O–H groups in total. The zero-order chi connectivity index (χ0) is 21.1. The molecule has 4 rings (SSSR count). The van der Waals surface area contributed by atoms with Gasteiger partial charge in [-0.05, 0) is 38.1 Å². The SMILES string of the molecule is CCOc1ccc(S(=O)(=O)N2CCN(Cc3nn(CC)c4c3COCC4)CC2)cc1. The highest BCUT2D eigenvalue weighted by Gasteiger charge is 2.30. The molecule has 9 heteroatoms. The van der Waals surface area contributed by atoms with Crippen molar-refractivity contribution in [2.24, 2.45) is 0 Å². The van der Waals surface area contributed by atoms with Gasteiger partial charge in [0.15, 0.2) is 0 Å². The van der Waals surface area contributed by atoms with Gasteiger partial charge in [-0.2, -0.15) is 9.40 Å². The number of aromatic nitrogens is 2. The molecule has 1 fully saturated rings. The Morgan fingerprint density at radius 3 is 2.50 bits per heavy atom. The maximum absolute atomic E-state index is 13.0. The molecule has 2 aliphatic rings. The smallest absolute Gasteiger partial charge is 0.243 e. The molecule has 30 heavy (non-hydrogen) atoms. The van der Waals surface area contributed by atoms with E-state index in [-0.39, 0.29) is 0 Å². The Morgan fingerprint density at radius 1 is 1.10 bits per heavy atom. The minimum absolute atomic E-state index is 0.312. The molecule has 0 unspecified atom stereocenters. The molecule has 1 aromatic carbocycles. The molecule has 1 saturated heterocycles. The van der Waals surface area contributed by atoms with E-state index >= 15 is 0 Å². The second kappa shape index (κ2) is 9.05. The molecule has 0 bridgehead atoms. The molecule has 1 aromatic heterocycles. The van der Waals surface area contributed by atoms with E-state index < -0.39 is 10.0 Å². The summed E-state index contributed by atoms with van der Waals surface area (Å²) in [5.41, 5.74) is 3.57. The fourth-order valence-corrected chi connectivity index (χ4v) is 5.55. The molecule has 0 aliphatic carbocycles. The number of hydrogen-bond donors (Lipinski definition) is 0. The van der Waals surface area contributed by atoms with Crippen molar-refractivity contribution >= 4 is 10.0 Å². The molecule has 164 valence electrons. The van der Waals surface area contributed by atoms with Crippen LogP contribution in [0.2, 0.25) is 0 Å². The third-order valence-corrected chi connectivity index (χ3v) is 7.67. The number of fused-ring (bicyclic) bond motifs is 1. The van der Waals surface area contributed by atoms with Crippen LogP contribution >= 0.6 is 0 Å². The number of hydrogen-bond acceptors (Lipinski definition) is 6. The monoisotopic (exact) mass is 434 g/mol. The standard InChI is InChI=1S/C21H30N4O4S/c1-3-25-21-9-14-28-16-19(21)20(22-25)15-23-10-12-24(13-11-23)30(26,27)18-7-5-17(6-8-18)29-4-2/h5-8H,3-4,9-16H2,1-2H3. The van der Waals surface area contributed by atoms with Crippen LogP contribution in [-0.4, -0.2) is 66.8 Å². The van der Waals surface area contributed by atoms with E-state index in [1.54, 1.807) is 28.6 Å². The first-order valence-corrected chi connectivity index (χ1v) is 12.1. The minimum atomic E-state index is -3.49. The summed E-state index contributed by atoms with van der Waals surface area (Å²) in [6.45, 7) is 9.85. The van der Waals surface area contributed by atoms with Crippen molar-refractivity contribution in [1.82, 2.24) is 19.0 Å². The molecule has 0 radical (unpaired) electrons. The first-order chi connectivity index (χ1) is 14.5. The van der Waals surface area contributed by atoms with Gasteiger partial charge in [0.1, 0.15) is 5.75 Å². The van der Waals surface area contributed by atoms with Crippen molar-refractivity contribution in [3.8, 4) is 5.75 Å². The highest BCUT2D eigenvalue weighted by molar-refractivity contribution is 7.89. The Labute approximate surface area is 178 Å². The molecule has 0 saturated carbocycles. The Bertz CT molecular complexity index is 964. The topological polar surface area (TPSA) is 76.9 Å².